The predicted octanol–water partition coefficient (Wildman–Crippen LogP) is 2.14. The lowest BCUT2D eigenvalue weighted by Crippen LogP contribution is -2.42. The molecule has 0 unspecified atom stereocenters. The van der Waals surface area contributed by atoms with E-state index in [4.69, 9.17) is 9.47 Å². The van der Waals surface area contributed by atoms with Crippen LogP contribution in [0.5, 0.6) is 5.75 Å². The third-order valence-electron chi connectivity index (χ3n) is 4.47. The molecule has 0 bridgehead atoms. The van der Waals surface area contributed by atoms with Gasteiger partial charge in [0.25, 0.3) is 15.9 Å². The van der Waals surface area contributed by atoms with Crippen molar-refractivity contribution < 1.29 is 22.7 Å². The number of benzene rings is 2. The molecule has 0 N–H and O–H groups in total. The average Bonchev–Trinajstić information content (AvgIpc) is 2.74. The molecule has 1 fully saturated rings. The van der Waals surface area contributed by atoms with Crippen LogP contribution in [0, 0.1) is 0 Å². The topological polar surface area (TPSA) is 76.2 Å². The van der Waals surface area contributed by atoms with Gasteiger partial charge in [-0.25, -0.2) is 8.42 Å². The van der Waals surface area contributed by atoms with Crippen LogP contribution in [0.1, 0.15) is 6.92 Å². The van der Waals surface area contributed by atoms with Crippen molar-refractivity contribution in [2.75, 3.05) is 43.8 Å². The summed E-state index contributed by atoms with van der Waals surface area (Å²) in [6.45, 7) is 4.22. The monoisotopic (exact) mass is 404 g/mol. The zero-order valence-electron chi connectivity index (χ0n) is 15.8. The van der Waals surface area contributed by atoms with Crippen molar-refractivity contribution in [3.8, 4) is 5.75 Å². The van der Waals surface area contributed by atoms with E-state index in [1.165, 1.54) is 16.4 Å². The zero-order valence-corrected chi connectivity index (χ0v) is 16.6. The van der Waals surface area contributed by atoms with E-state index < -0.39 is 10.0 Å². The lowest BCUT2D eigenvalue weighted by atomic mass is 10.3. The largest absolute Gasteiger partial charge is 0.484 e. The van der Waals surface area contributed by atoms with Crippen LogP contribution in [0.3, 0.4) is 0 Å². The first kappa shape index (κ1) is 20.2. The average molecular weight is 404 g/mol. The number of rotatable bonds is 7. The van der Waals surface area contributed by atoms with Gasteiger partial charge in [0.15, 0.2) is 6.61 Å². The van der Waals surface area contributed by atoms with Crippen LogP contribution in [-0.4, -0.2) is 58.7 Å². The SMILES string of the molecule is CCN(c1ccccc1)S(=O)(=O)c1ccc(OCC(=O)N2CCOCC2)cc1. The highest BCUT2D eigenvalue weighted by atomic mass is 32.2. The van der Waals surface area contributed by atoms with Crippen LogP contribution in [0.2, 0.25) is 0 Å². The third kappa shape index (κ3) is 4.63. The number of hydrogen-bond donors (Lipinski definition) is 0. The lowest BCUT2D eigenvalue weighted by Gasteiger charge is -2.26. The van der Waals surface area contributed by atoms with Gasteiger partial charge in [-0.2, -0.15) is 0 Å². The maximum absolute atomic E-state index is 13.0. The highest BCUT2D eigenvalue weighted by molar-refractivity contribution is 7.92. The van der Waals surface area contributed by atoms with Crippen LogP contribution < -0.4 is 9.04 Å². The number of amides is 1. The molecular formula is C20H24N2O5S. The van der Waals surface area contributed by atoms with E-state index >= 15 is 0 Å². The van der Waals surface area contributed by atoms with E-state index in [1.54, 1.807) is 48.2 Å². The molecule has 2 aromatic rings. The first-order valence-electron chi connectivity index (χ1n) is 9.18. The summed E-state index contributed by atoms with van der Waals surface area (Å²) >= 11 is 0. The molecule has 2 aromatic carbocycles. The number of hydrogen-bond acceptors (Lipinski definition) is 5. The van der Waals surface area contributed by atoms with Gasteiger partial charge in [-0.05, 0) is 43.3 Å². The van der Waals surface area contributed by atoms with E-state index in [2.05, 4.69) is 0 Å². The maximum Gasteiger partial charge on any atom is 0.264 e. The summed E-state index contributed by atoms with van der Waals surface area (Å²) in [4.78, 5) is 14.0. The molecule has 1 saturated heterocycles. The molecule has 3 rings (SSSR count). The fraction of sp³-hybridized carbons (Fsp3) is 0.350. The predicted molar refractivity (Wildman–Crippen MR) is 106 cm³/mol. The van der Waals surface area contributed by atoms with Gasteiger partial charge in [0.2, 0.25) is 0 Å². The smallest absolute Gasteiger partial charge is 0.264 e. The van der Waals surface area contributed by atoms with Crippen LogP contribution in [-0.2, 0) is 19.6 Å². The fourth-order valence-electron chi connectivity index (χ4n) is 2.97. The normalized spacial score (nSPS) is 14.5. The Kier molecular flexibility index (Phi) is 6.53. The molecule has 1 heterocycles. The van der Waals surface area contributed by atoms with Crippen molar-refractivity contribution >= 4 is 21.6 Å². The van der Waals surface area contributed by atoms with E-state index in [0.717, 1.165) is 0 Å². The highest BCUT2D eigenvalue weighted by Crippen LogP contribution is 2.24. The van der Waals surface area contributed by atoms with Gasteiger partial charge >= 0.3 is 0 Å². The number of carbonyl (C=O) groups excluding carboxylic acids is 1. The molecule has 0 atom stereocenters. The van der Waals surface area contributed by atoms with Crippen LogP contribution in [0.25, 0.3) is 0 Å². The Morgan fingerprint density at radius 1 is 1.07 bits per heavy atom. The van der Waals surface area contributed by atoms with Crippen LogP contribution >= 0.6 is 0 Å². The summed E-state index contributed by atoms with van der Waals surface area (Å²) in [7, 11) is -3.68. The van der Waals surface area contributed by atoms with Gasteiger partial charge in [-0.1, -0.05) is 18.2 Å². The van der Waals surface area contributed by atoms with Crippen molar-refractivity contribution in [2.24, 2.45) is 0 Å². The first-order chi connectivity index (χ1) is 13.5. The quantitative estimate of drug-likeness (QED) is 0.707. The Balaban J connectivity index is 1.66. The molecule has 8 heteroatoms. The fourth-order valence-corrected chi connectivity index (χ4v) is 4.44. The van der Waals surface area contributed by atoms with Crippen molar-refractivity contribution in [3.05, 3.63) is 54.6 Å². The number of nitrogens with zero attached hydrogens (tertiary/aromatic N) is 2. The zero-order chi connectivity index (χ0) is 20.0. The molecule has 0 aromatic heterocycles. The number of anilines is 1. The summed E-state index contributed by atoms with van der Waals surface area (Å²) in [5.41, 5.74) is 0.612. The lowest BCUT2D eigenvalue weighted by molar-refractivity contribution is -0.137. The summed E-state index contributed by atoms with van der Waals surface area (Å²) in [6, 6.07) is 15.1. The van der Waals surface area contributed by atoms with E-state index in [-0.39, 0.29) is 17.4 Å². The van der Waals surface area contributed by atoms with Gasteiger partial charge in [0, 0.05) is 19.6 Å². The Bertz CT molecular complexity index is 879. The third-order valence-corrected chi connectivity index (χ3v) is 6.39. The Labute approximate surface area is 165 Å². The van der Waals surface area contributed by atoms with E-state index in [0.29, 0.717) is 44.3 Å². The Morgan fingerprint density at radius 3 is 2.32 bits per heavy atom. The molecule has 1 aliphatic heterocycles. The summed E-state index contributed by atoms with van der Waals surface area (Å²) in [5, 5.41) is 0. The summed E-state index contributed by atoms with van der Waals surface area (Å²) in [5.74, 6) is 0.338. The summed E-state index contributed by atoms with van der Waals surface area (Å²) < 4.78 is 38.0. The Hall–Kier alpha value is -2.58. The first-order valence-corrected chi connectivity index (χ1v) is 10.6. The molecule has 0 saturated carbocycles. The second-order valence-electron chi connectivity index (χ2n) is 6.26. The van der Waals surface area contributed by atoms with Crippen LogP contribution in [0.4, 0.5) is 5.69 Å². The van der Waals surface area contributed by atoms with Gasteiger partial charge < -0.3 is 14.4 Å². The minimum absolute atomic E-state index is 0.0861. The number of para-hydroxylation sites is 1. The number of sulfonamides is 1. The van der Waals surface area contributed by atoms with Gasteiger partial charge in [-0.15, -0.1) is 0 Å². The number of carbonyl (C=O) groups is 1. The van der Waals surface area contributed by atoms with E-state index in [9.17, 15) is 13.2 Å². The molecule has 1 aliphatic rings. The molecule has 0 spiro atoms. The van der Waals surface area contributed by atoms with Gasteiger partial charge in [-0.3, -0.25) is 9.10 Å². The molecule has 28 heavy (non-hydrogen) atoms. The summed E-state index contributed by atoms with van der Waals surface area (Å²) in [6.07, 6.45) is 0. The second kappa shape index (κ2) is 9.07. The standard InChI is InChI=1S/C20H24N2O5S/c1-2-22(17-6-4-3-5-7-17)28(24,25)19-10-8-18(9-11-19)27-16-20(23)21-12-14-26-15-13-21/h3-11H,2,12-16H2,1H3. The van der Waals surface area contributed by atoms with Gasteiger partial charge in [0.05, 0.1) is 23.8 Å². The molecule has 0 radical (unpaired) electrons. The molecule has 0 aliphatic carbocycles. The van der Waals surface area contributed by atoms with E-state index in [1.807, 2.05) is 6.07 Å². The van der Waals surface area contributed by atoms with Gasteiger partial charge in [0.1, 0.15) is 5.75 Å². The van der Waals surface area contributed by atoms with Crippen molar-refractivity contribution in [1.82, 2.24) is 4.90 Å². The molecular weight excluding hydrogens is 380 g/mol. The molecule has 1 amide bonds. The molecule has 150 valence electrons. The molecule has 7 nitrogen and oxygen atoms in total. The maximum atomic E-state index is 13.0. The minimum atomic E-state index is -3.68. The van der Waals surface area contributed by atoms with Crippen molar-refractivity contribution in [1.29, 1.82) is 0 Å². The highest BCUT2D eigenvalue weighted by Gasteiger charge is 2.23. The minimum Gasteiger partial charge on any atom is -0.484 e. The van der Waals surface area contributed by atoms with Crippen LogP contribution in [0.15, 0.2) is 59.5 Å². The number of ether oxygens (including phenoxy) is 2. The van der Waals surface area contributed by atoms with Crippen molar-refractivity contribution in [2.45, 2.75) is 11.8 Å². The Morgan fingerprint density at radius 2 is 1.71 bits per heavy atom. The van der Waals surface area contributed by atoms with Crippen molar-refractivity contribution in [3.63, 3.8) is 0 Å². The number of morpholine rings is 1. The second-order valence-corrected chi connectivity index (χ2v) is 8.12.